The number of thioether (sulfide) groups is 2. The van der Waals surface area contributed by atoms with Gasteiger partial charge in [0, 0.05) is 42.8 Å². The maximum Gasteiger partial charge on any atom is 0.268 e. The first-order valence-electron chi connectivity index (χ1n) is 10.2. The van der Waals surface area contributed by atoms with Crippen molar-refractivity contribution in [2.45, 2.75) is 11.4 Å². The number of carbonyl (C=O) groups excluding carboxylic acids is 1. The Morgan fingerprint density at radius 2 is 1.66 bits per heavy atom. The van der Waals surface area contributed by atoms with Crippen molar-refractivity contribution in [3.63, 3.8) is 0 Å². The number of rotatable bonds is 2. The number of aliphatic imine (C=N–C) groups is 1. The fourth-order valence-corrected chi connectivity index (χ4v) is 5.73. The van der Waals surface area contributed by atoms with E-state index in [1.165, 1.54) is 16.7 Å². The lowest BCUT2D eigenvalue weighted by Crippen LogP contribution is -2.30. The van der Waals surface area contributed by atoms with E-state index in [1.54, 1.807) is 36.1 Å². The van der Waals surface area contributed by atoms with Gasteiger partial charge in [0.25, 0.3) is 5.91 Å². The highest BCUT2D eigenvalue weighted by Gasteiger charge is 2.37. The summed E-state index contributed by atoms with van der Waals surface area (Å²) in [7, 11) is 3.78. The first-order chi connectivity index (χ1) is 15.7. The SMILES string of the molecule is CN=C1S/C(=C2\CSc3ccccc3N2C)C(=O)N1Cc1ccccc1.c1ccncc1. The van der Waals surface area contributed by atoms with Gasteiger partial charge in [0.15, 0.2) is 5.17 Å². The molecule has 0 aliphatic carbocycles. The maximum absolute atomic E-state index is 13.2. The highest BCUT2D eigenvalue weighted by Crippen LogP contribution is 2.43. The molecule has 5 rings (SSSR count). The largest absolute Gasteiger partial charge is 0.345 e. The Morgan fingerprint density at radius 3 is 2.31 bits per heavy atom. The van der Waals surface area contributed by atoms with Crippen molar-refractivity contribution in [1.29, 1.82) is 0 Å². The number of anilines is 1. The minimum absolute atomic E-state index is 0.0429. The second-order valence-corrected chi connectivity index (χ2v) is 9.10. The third kappa shape index (κ3) is 4.89. The lowest BCUT2D eigenvalue weighted by Gasteiger charge is -2.30. The minimum atomic E-state index is 0.0429. The van der Waals surface area contributed by atoms with Crippen molar-refractivity contribution in [2.24, 2.45) is 4.99 Å². The van der Waals surface area contributed by atoms with Gasteiger partial charge in [0.05, 0.1) is 12.2 Å². The predicted molar refractivity (Wildman–Crippen MR) is 135 cm³/mol. The number of hydrogen-bond donors (Lipinski definition) is 0. The zero-order valence-corrected chi connectivity index (χ0v) is 19.6. The molecule has 1 amide bonds. The van der Waals surface area contributed by atoms with Crippen molar-refractivity contribution < 1.29 is 4.79 Å². The van der Waals surface area contributed by atoms with Gasteiger partial charge in [-0.15, -0.1) is 11.8 Å². The smallest absolute Gasteiger partial charge is 0.268 e. The summed E-state index contributed by atoms with van der Waals surface area (Å²) in [6, 6.07) is 24.1. The molecule has 0 radical (unpaired) electrons. The average molecular weight is 461 g/mol. The second kappa shape index (κ2) is 10.5. The fourth-order valence-electron chi connectivity index (χ4n) is 3.43. The van der Waals surface area contributed by atoms with Crippen LogP contribution in [0.3, 0.4) is 0 Å². The third-order valence-electron chi connectivity index (χ3n) is 5.06. The third-order valence-corrected chi connectivity index (χ3v) is 7.34. The van der Waals surface area contributed by atoms with Crippen molar-refractivity contribution in [3.8, 4) is 0 Å². The van der Waals surface area contributed by atoms with Crippen LogP contribution in [0.15, 0.2) is 106 Å². The molecule has 0 bridgehead atoms. The number of nitrogens with zero attached hydrogens (tertiary/aromatic N) is 4. The molecule has 0 N–H and O–H groups in total. The predicted octanol–water partition coefficient (Wildman–Crippen LogP) is 5.28. The van der Waals surface area contributed by atoms with E-state index in [1.807, 2.05) is 61.6 Å². The molecule has 162 valence electrons. The molecule has 3 heterocycles. The monoisotopic (exact) mass is 460 g/mol. The van der Waals surface area contributed by atoms with Crippen LogP contribution in [0, 0.1) is 0 Å². The van der Waals surface area contributed by atoms with Gasteiger partial charge < -0.3 is 4.90 Å². The Balaban J connectivity index is 0.000000354. The van der Waals surface area contributed by atoms with Crippen LogP contribution in [0.1, 0.15) is 5.56 Å². The van der Waals surface area contributed by atoms with E-state index in [9.17, 15) is 4.79 Å². The van der Waals surface area contributed by atoms with Crippen LogP contribution in [0.25, 0.3) is 0 Å². The summed E-state index contributed by atoms with van der Waals surface area (Å²) in [5.74, 6) is 0.832. The van der Waals surface area contributed by atoms with Crippen molar-refractivity contribution in [3.05, 3.63) is 101 Å². The zero-order chi connectivity index (χ0) is 22.3. The molecule has 1 fully saturated rings. The molecule has 0 unspecified atom stereocenters. The van der Waals surface area contributed by atoms with Crippen LogP contribution in [0.5, 0.6) is 0 Å². The Morgan fingerprint density at radius 1 is 0.969 bits per heavy atom. The number of carbonyl (C=O) groups is 1. The number of pyridine rings is 1. The van der Waals surface area contributed by atoms with E-state index in [-0.39, 0.29) is 5.91 Å². The molecule has 1 aromatic heterocycles. The number of fused-ring (bicyclic) bond motifs is 1. The summed E-state index contributed by atoms with van der Waals surface area (Å²) >= 11 is 3.26. The number of para-hydroxylation sites is 1. The average Bonchev–Trinajstić information content (AvgIpc) is 3.16. The molecule has 5 nitrogen and oxygen atoms in total. The highest BCUT2D eigenvalue weighted by atomic mass is 32.2. The molecule has 2 aromatic carbocycles. The summed E-state index contributed by atoms with van der Waals surface area (Å²) in [4.78, 5) is 27.3. The van der Waals surface area contributed by atoms with Crippen LogP contribution in [-0.4, -0.2) is 40.8 Å². The standard InChI is InChI=1S/C20H19N3OS2.C5H5N/c1-21-20-23(12-14-8-4-3-5-9-14)19(24)18(26-20)16-13-25-17-11-7-6-10-15(17)22(16)2;1-2-4-6-5-3-1/h3-11H,12-13H2,1-2H3;1-5H/b18-16+,21-20?;. The maximum atomic E-state index is 13.2. The minimum Gasteiger partial charge on any atom is -0.345 e. The van der Waals surface area contributed by atoms with E-state index >= 15 is 0 Å². The second-order valence-electron chi connectivity index (χ2n) is 7.10. The number of benzene rings is 2. The number of aromatic nitrogens is 1. The lowest BCUT2D eigenvalue weighted by atomic mass is 10.2. The summed E-state index contributed by atoms with van der Waals surface area (Å²) in [6.45, 7) is 0.545. The molecule has 0 spiro atoms. The fraction of sp³-hybridized carbons (Fsp3) is 0.160. The van der Waals surface area contributed by atoms with Crippen molar-refractivity contribution >= 4 is 40.3 Å². The van der Waals surface area contributed by atoms with Gasteiger partial charge in [0.2, 0.25) is 0 Å². The van der Waals surface area contributed by atoms with Gasteiger partial charge in [0.1, 0.15) is 4.91 Å². The highest BCUT2D eigenvalue weighted by molar-refractivity contribution is 8.18. The molecule has 32 heavy (non-hydrogen) atoms. The molecule has 1 saturated heterocycles. The first-order valence-corrected chi connectivity index (χ1v) is 12.0. The normalized spacial score (nSPS) is 18.9. The summed E-state index contributed by atoms with van der Waals surface area (Å²) in [5, 5.41) is 0.763. The van der Waals surface area contributed by atoms with Gasteiger partial charge >= 0.3 is 0 Å². The number of hydrogen-bond acceptors (Lipinski definition) is 6. The van der Waals surface area contributed by atoms with Crippen LogP contribution >= 0.6 is 23.5 Å². The zero-order valence-electron chi connectivity index (χ0n) is 18.0. The van der Waals surface area contributed by atoms with Crippen LogP contribution in [0.2, 0.25) is 0 Å². The quantitative estimate of drug-likeness (QED) is 0.487. The molecular formula is C25H24N4OS2. The van der Waals surface area contributed by atoms with Gasteiger partial charge in [-0.3, -0.25) is 19.7 Å². The molecule has 0 atom stereocenters. The first kappa shape index (κ1) is 22.2. The van der Waals surface area contributed by atoms with E-state index in [0.717, 1.165) is 32.8 Å². The van der Waals surface area contributed by atoms with E-state index in [0.29, 0.717) is 6.54 Å². The van der Waals surface area contributed by atoms with Crippen LogP contribution in [-0.2, 0) is 11.3 Å². The Bertz CT molecular complexity index is 1110. The van der Waals surface area contributed by atoms with E-state index in [2.05, 4.69) is 33.1 Å². The van der Waals surface area contributed by atoms with E-state index < -0.39 is 0 Å². The molecule has 2 aliphatic rings. The lowest BCUT2D eigenvalue weighted by molar-refractivity contribution is -0.122. The van der Waals surface area contributed by atoms with Gasteiger partial charge in [-0.05, 0) is 41.6 Å². The molecule has 3 aromatic rings. The van der Waals surface area contributed by atoms with Gasteiger partial charge in [-0.1, -0.05) is 48.5 Å². The van der Waals surface area contributed by atoms with Gasteiger partial charge in [-0.25, -0.2) is 0 Å². The van der Waals surface area contributed by atoms with Crippen LogP contribution in [0.4, 0.5) is 5.69 Å². The Kier molecular flexibility index (Phi) is 7.29. The summed E-state index contributed by atoms with van der Waals surface area (Å²) < 4.78 is 0. The summed E-state index contributed by atoms with van der Waals surface area (Å²) in [6.07, 6.45) is 3.50. The molecule has 2 aliphatic heterocycles. The van der Waals surface area contributed by atoms with Crippen molar-refractivity contribution in [2.75, 3.05) is 24.7 Å². The van der Waals surface area contributed by atoms with E-state index in [4.69, 9.17) is 0 Å². The number of amidine groups is 1. The summed E-state index contributed by atoms with van der Waals surface area (Å²) in [5.41, 5.74) is 3.31. The van der Waals surface area contributed by atoms with Crippen LogP contribution < -0.4 is 4.90 Å². The Labute approximate surface area is 197 Å². The number of amides is 1. The molecule has 0 saturated carbocycles. The van der Waals surface area contributed by atoms with Crippen molar-refractivity contribution in [1.82, 2.24) is 9.88 Å². The Hall–Kier alpha value is -3.03. The molecular weight excluding hydrogens is 436 g/mol. The molecule has 7 heteroatoms. The topological polar surface area (TPSA) is 48.8 Å². The van der Waals surface area contributed by atoms with Gasteiger partial charge in [-0.2, -0.15) is 0 Å².